The molecule has 0 saturated heterocycles. The Morgan fingerprint density at radius 2 is 2.15 bits per heavy atom. The maximum absolute atomic E-state index is 12.1. The minimum atomic E-state index is 0. The number of methoxy groups -OCH3 is 1. The molecule has 1 amide bonds. The number of benzene rings is 1. The molecule has 1 aliphatic carbocycles. The summed E-state index contributed by atoms with van der Waals surface area (Å²) >= 11 is 0. The molecular formula is C15H23ClN2O2. The Hall–Kier alpha value is -1.26. The normalized spacial score (nSPS) is 21.7. The van der Waals surface area contributed by atoms with Crippen LogP contribution in [-0.4, -0.2) is 19.1 Å². The molecule has 20 heavy (non-hydrogen) atoms. The third-order valence-electron chi connectivity index (χ3n) is 3.73. The number of rotatable bonds is 4. The number of carbonyl (C=O) groups excluding carboxylic acids is 1. The van der Waals surface area contributed by atoms with Crippen LogP contribution in [-0.2, 0) is 11.3 Å². The Bertz CT molecular complexity index is 440. The van der Waals surface area contributed by atoms with Crippen LogP contribution < -0.4 is 15.8 Å². The van der Waals surface area contributed by atoms with Gasteiger partial charge < -0.3 is 15.8 Å². The zero-order valence-electron chi connectivity index (χ0n) is 11.8. The van der Waals surface area contributed by atoms with Gasteiger partial charge in [-0.3, -0.25) is 4.79 Å². The van der Waals surface area contributed by atoms with Crippen molar-refractivity contribution in [3.63, 3.8) is 0 Å². The second-order valence-corrected chi connectivity index (χ2v) is 5.15. The van der Waals surface area contributed by atoms with E-state index >= 15 is 0 Å². The van der Waals surface area contributed by atoms with Crippen LogP contribution in [0.4, 0.5) is 0 Å². The van der Waals surface area contributed by atoms with E-state index in [1.807, 2.05) is 24.3 Å². The van der Waals surface area contributed by atoms with E-state index in [-0.39, 0.29) is 30.3 Å². The zero-order valence-corrected chi connectivity index (χ0v) is 12.6. The summed E-state index contributed by atoms with van der Waals surface area (Å²) in [5.41, 5.74) is 6.91. The molecule has 112 valence electrons. The number of ether oxygens (including phenoxy) is 1. The third kappa shape index (κ3) is 4.39. The first kappa shape index (κ1) is 16.8. The highest BCUT2D eigenvalue weighted by molar-refractivity contribution is 5.85. The molecule has 1 fully saturated rings. The second kappa shape index (κ2) is 8.12. The van der Waals surface area contributed by atoms with Crippen LogP contribution in [0.15, 0.2) is 24.3 Å². The Kier molecular flexibility index (Phi) is 6.82. The lowest BCUT2D eigenvalue weighted by atomic mass is 9.85. The summed E-state index contributed by atoms with van der Waals surface area (Å²) in [6.45, 7) is 0.509. The minimum absolute atomic E-state index is 0. The molecule has 3 N–H and O–H groups in total. The van der Waals surface area contributed by atoms with Gasteiger partial charge in [0, 0.05) is 24.1 Å². The van der Waals surface area contributed by atoms with E-state index in [1.165, 1.54) is 0 Å². The average molecular weight is 299 g/mol. The lowest BCUT2D eigenvalue weighted by Crippen LogP contribution is -2.37. The summed E-state index contributed by atoms with van der Waals surface area (Å²) in [6, 6.07) is 7.91. The number of para-hydroxylation sites is 1. The van der Waals surface area contributed by atoms with Gasteiger partial charge in [0.2, 0.25) is 5.91 Å². The molecule has 0 heterocycles. The van der Waals surface area contributed by atoms with Crippen molar-refractivity contribution < 1.29 is 9.53 Å². The van der Waals surface area contributed by atoms with Gasteiger partial charge in [-0.15, -0.1) is 12.4 Å². The number of nitrogens with one attached hydrogen (secondary N) is 1. The molecule has 1 saturated carbocycles. The van der Waals surface area contributed by atoms with E-state index in [0.717, 1.165) is 37.0 Å². The van der Waals surface area contributed by atoms with Crippen LogP contribution in [0.1, 0.15) is 31.2 Å². The predicted molar refractivity (Wildman–Crippen MR) is 82.0 cm³/mol. The number of nitrogens with two attached hydrogens (primary N) is 1. The molecule has 1 aliphatic rings. The smallest absolute Gasteiger partial charge is 0.223 e. The Morgan fingerprint density at radius 3 is 2.85 bits per heavy atom. The van der Waals surface area contributed by atoms with Gasteiger partial charge in [0.05, 0.1) is 7.11 Å². The standard InChI is InChI=1S/C15H22N2O2.ClH/c1-19-14-8-3-2-5-12(14)10-17-15(18)11-6-4-7-13(16)9-11;/h2-3,5,8,11,13H,4,6-7,9-10,16H2,1H3,(H,17,18);1H. The van der Waals surface area contributed by atoms with Crippen molar-refractivity contribution in [3.8, 4) is 5.75 Å². The molecule has 0 aromatic heterocycles. The Balaban J connectivity index is 0.00000200. The summed E-state index contributed by atoms with van der Waals surface area (Å²) in [5, 5.41) is 2.99. The van der Waals surface area contributed by atoms with Crippen molar-refractivity contribution in [2.75, 3.05) is 7.11 Å². The fourth-order valence-electron chi connectivity index (χ4n) is 2.64. The highest BCUT2D eigenvalue weighted by atomic mass is 35.5. The van der Waals surface area contributed by atoms with Gasteiger partial charge in [-0.1, -0.05) is 24.6 Å². The van der Waals surface area contributed by atoms with Gasteiger partial charge in [0.25, 0.3) is 0 Å². The van der Waals surface area contributed by atoms with Gasteiger partial charge in [0.1, 0.15) is 5.75 Å². The fraction of sp³-hybridized carbons (Fsp3) is 0.533. The summed E-state index contributed by atoms with van der Waals surface area (Å²) in [7, 11) is 1.64. The van der Waals surface area contributed by atoms with Crippen molar-refractivity contribution in [3.05, 3.63) is 29.8 Å². The van der Waals surface area contributed by atoms with Crippen LogP contribution in [0.3, 0.4) is 0 Å². The first-order valence-electron chi connectivity index (χ1n) is 6.86. The van der Waals surface area contributed by atoms with E-state index in [1.54, 1.807) is 7.11 Å². The molecule has 2 rings (SSSR count). The predicted octanol–water partition coefficient (Wildman–Crippen LogP) is 2.25. The van der Waals surface area contributed by atoms with Crippen molar-refractivity contribution in [1.29, 1.82) is 0 Å². The van der Waals surface area contributed by atoms with E-state index in [9.17, 15) is 4.79 Å². The maximum Gasteiger partial charge on any atom is 0.223 e. The summed E-state index contributed by atoms with van der Waals surface area (Å²) in [4.78, 5) is 12.1. The quantitative estimate of drug-likeness (QED) is 0.896. The summed E-state index contributed by atoms with van der Waals surface area (Å²) in [6.07, 6.45) is 3.84. The van der Waals surface area contributed by atoms with Gasteiger partial charge in [-0.25, -0.2) is 0 Å². The van der Waals surface area contributed by atoms with Gasteiger partial charge in [-0.2, -0.15) is 0 Å². The van der Waals surface area contributed by atoms with Crippen LogP contribution in [0, 0.1) is 5.92 Å². The molecule has 0 spiro atoms. The number of hydrogen-bond acceptors (Lipinski definition) is 3. The van der Waals surface area contributed by atoms with Crippen LogP contribution in [0.2, 0.25) is 0 Å². The first-order chi connectivity index (χ1) is 9.20. The van der Waals surface area contributed by atoms with E-state index < -0.39 is 0 Å². The molecule has 5 heteroatoms. The van der Waals surface area contributed by atoms with Crippen LogP contribution >= 0.6 is 12.4 Å². The highest BCUT2D eigenvalue weighted by Gasteiger charge is 2.25. The number of halogens is 1. The lowest BCUT2D eigenvalue weighted by Gasteiger charge is -2.25. The second-order valence-electron chi connectivity index (χ2n) is 5.15. The van der Waals surface area contributed by atoms with Gasteiger partial charge in [-0.05, 0) is 25.3 Å². The molecule has 1 aromatic rings. The Labute approximate surface area is 126 Å². The fourth-order valence-corrected chi connectivity index (χ4v) is 2.64. The maximum atomic E-state index is 12.1. The molecule has 0 radical (unpaired) electrons. The SMILES string of the molecule is COc1ccccc1CNC(=O)C1CCCC(N)C1.Cl. The average Bonchev–Trinajstić information content (AvgIpc) is 2.45. The summed E-state index contributed by atoms with van der Waals surface area (Å²) in [5.74, 6) is 0.989. The molecule has 2 atom stereocenters. The highest BCUT2D eigenvalue weighted by Crippen LogP contribution is 2.23. The third-order valence-corrected chi connectivity index (χ3v) is 3.73. The van der Waals surface area contributed by atoms with Crippen molar-refractivity contribution in [2.45, 2.75) is 38.3 Å². The largest absolute Gasteiger partial charge is 0.496 e. The molecular weight excluding hydrogens is 276 g/mol. The van der Waals surface area contributed by atoms with Crippen LogP contribution in [0.25, 0.3) is 0 Å². The van der Waals surface area contributed by atoms with E-state index in [4.69, 9.17) is 10.5 Å². The van der Waals surface area contributed by atoms with Gasteiger partial charge >= 0.3 is 0 Å². The van der Waals surface area contributed by atoms with Crippen LogP contribution in [0.5, 0.6) is 5.75 Å². The topological polar surface area (TPSA) is 64.3 Å². The molecule has 0 aliphatic heterocycles. The van der Waals surface area contributed by atoms with Crippen molar-refractivity contribution in [2.24, 2.45) is 11.7 Å². The van der Waals surface area contributed by atoms with E-state index in [0.29, 0.717) is 6.54 Å². The molecule has 0 bridgehead atoms. The number of hydrogen-bond donors (Lipinski definition) is 2. The van der Waals surface area contributed by atoms with Crippen molar-refractivity contribution in [1.82, 2.24) is 5.32 Å². The van der Waals surface area contributed by atoms with Crippen molar-refractivity contribution >= 4 is 18.3 Å². The zero-order chi connectivity index (χ0) is 13.7. The van der Waals surface area contributed by atoms with Gasteiger partial charge in [0.15, 0.2) is 0 Å². The molecule has 2 unspecified atom stereocenters. The first-order valence-corrected chi connectivity index (χ1v) is 6.86. The summed E-state index contributed by atoms with van der Waals surface area (Å²) < 4.78 is 5.27. The Morgan fingerprint density at radius 1 is 1.40 bits per heavy atom. The number of amides is 1. The monoisotopic (exact) mass is 298 g/mol. The number of carbonyl (C=O) groups is 1. The van der Waals surface area contributed by atoms with E-state index in [2.05, 4.69) is 5.32 Å². The molecule has 1 aromatic carbocycles. The lowest BCUT2D eigenvalue weighted by molar-refractivity contribution is -0.126. The molecule has 4 nitrogen and oxygen atoms in total. The minimum Gasteiger partial charge on any atom is -0.496 e.